The molecule has 1 N–H and O–H groups in total. The number of rotatable bonds is 11. The number of aryl methyl sites for hydroxylation is 1. The van der Waals surface area contributed by atoms with E-state index in [4.69, 9.17) is 12.2 Å². The summed E-state index contributed by atoms with van der Waals surface area (Å²) in [6.45, 7) is 8.77. The molecule has 0 heterocycles. The Balaban J connectivity index is 2.49. The molecule has 0 saturated carbocycles. The first kappa shape index (κ1) is 20.0. The number of nitrogens with one attached hydrogen (secondary N) is 1. The molecule has 0 unspecified atom stereocenters. The Hall–Kier alpha value is -1.09. The fraction of sp³-hybridized carbons (Fsp3) is 0.650. The molecule has 130 valence electrons. The lowest BCUT2D eigenvalue weighted by atomic mass is 10.2. The van der Waals surface area contributed by atoms with Crippen molar-refractivity contribution in [1.82, 2.24) is 4.90 Å². The zero-order chi connectivity index (χ0) is 16.9. The lowest BCUT2D eigenvalue weighted by molar-refractivity contribution is 0.391. The summed E-state index contributed by atoms with van der Waals surface area (Å²) in [5.74, 6) is 0. The van der Waals surface area contributed by atoms with E-state index in [0.29, 0.717) is 0 Å². The van der Waals surface area contributed by atoms with E-state index in [1.165, 1.54) is 56.9 Å². The Morgan fingerprint density at radius 3 is 1.87 bits per heavy atom. The second-order valence-electron chi connectivity index (χ2n) is 6.40. The van der Waals surface area contributed by atoms with Gasteiger partial charge in [0.1, 0.15) is 0 Å². The summed E-state index contributed by atoms with van der Waals surface area (Å²) in [4.78, 5) is 2.36. The standard InChI is InChI=1S/C20H34N2S/c1-4-6-8-10-16-22(17-11-9-7-5-2)20(23)21-19-14-12-18(3)13-15-19/h12-15H,4-11,16-17H2,1-3H3,(H,21,23). The molecular formula is C20H34N2S. The van der Waals surface area contributed by atoms with Crippen LogP contribution in [0.4, 0.5) is 5.69 Å². The lowest BCUT2D eigenvalue weighted by Crippen LogP contribution is -2.36. The van der Waals surface area contributed by atoms with Gasteiger partial charge in [0.05, 0.1) is 0 Å². The molecule has 0 amide bonds. The molecule has 2 nitrogen and oxygen atoms in total. The highest BCUT2D eigenvalue weighted by Crippen LogP contribution is 2.12. The van der Waals surface area contributed by atoms with Gasteiger partial charge < -0.3 is 10.2 Å². The second kappa shape index (κ2) is 12.3. The van der Waals surface area contributed by atoms with Crippen LogP contribution in [0.5, 0.6) is 0 Å². The SMILES string of the molecule is CCCCCCN(CCCCCC)C(=S)Nc1ccc(C)cc1. The van der Waals surface area contributed by atoms with Gasteiger partial charge in [-0.25, -0.2) is 0 Å². The fourth-order valence-electron chi connectivity index (χ4n) is 2.61. The predicted molar refractivity (Wildman–Crippen MR) is 107 cm³/mol. The van der Waals surface area contributed by atoms with Crippen molar-refractivity contribution >= 4 is 23.0 Å². The first-order valence-corrected chi connectivity index (χ1v) is 9.70. The highest BCUT2D eigenvalue weighted by atomic mass is 32.1. The molecule has 0 atom stereocenters. The van der Waals surface area contributed by atoms with Gasteiger partial charge in [-0.15, -0.1) is 0 Å². The number of hydrogen-bond donors (Lipinski definition) is 1. The first-order valence-electron chi connectivity index (χ1n) is 9.30. The molecule has 23 heavy (non-hydrogen) atoms. The summed E-state index contributed by atoms with van der Waals surface area (Å²) in [6, 6.07) is 8.46. The van der Waals surface area contributed by atoms with Crippen molar-refractivity contribution < 1.29 is 0 Å². The number of unbranched alkanes of at least 4 members (excludes halogenated alkanes) is 6. The lowest BCUT2D eigenvalue weighted by Gasteiger charge is -2.26. The zero-order valence-corrected chi connectivity index (χ0v) is 16.1. The monoisotopic (exact) mass is 334 g/mol. The summed E-state index contributed by atoms with van der Waals surface area (Å²) < 4.78 is 0. The molecule has 0 aromatic heterocycles. The van der Waals surface area contributed by atoms with Crippen molar-refractivity contribution in [2.45, 2.75) is 72.1 Å². The minimum atomic E-state index is 0.877. The second-order valence-corrected chi connectivity index (χ2v) is 6.79. The van der Waals surface area contributed by atoms with E-state index in [0.717, 1.165) is 23.9 Å². The molecule has 0 radical (unpaired) electrons. The van der Waals surface area contributed by atoms with Crippen LogP contribution < -0.4 is 5.32 Å². The highest BCUT2D eigenvalue weighted by Gasteiger charge is 2.09. The normalized spacial score (nSPS) is 10.6. The van der Waals surface area contributed by atoms with Crippen molar-refractivity contribution in [3.05, 3.63) is 29.8 Å². The van der Waals surface area contributed by atoms with Gasteiger partial charge in [0, 0.05) is 18.8 Å². The number of nitrogens with zero attached hydrogens (tertiary/aromatic N) is 1. The molecule has 3 heteroatoms. The van der Waals surface area contributed by atoms with Crippen LogP contribution in [0.15, 0.2) is 24.3 Å². The minimum Gasteiger partial charge on any atom is -0.349 e. The van der Waals surface area contributed by atoms with E-state index in [2.05, 4.69) is 55.3 Å². The number of hydrogen-bond acceptors (Lipinski definition) is 1. The Morgan fingerprint density at radius 2 is 1.39 bits per heavy atom. The average Bonchev–Trinajstić information content (AvgIpc) is 2.55. The van der Waals surface area contributed by atoms with Crippen LogP contribution in [0.3, 0.4) is 0 Å². The van der Waals surface area contributed by atoms with E-state index in [1.54, 1.807) is 0 Å². The Bertz CT molecular complexity index is 416. The molecule has 0 aliphatic rings. The van der Waals surface area contributed by atoms with E-state index in [-0.39, 0.29) is 0 Å². The zero-order valence-electron chi connectivity index (χ0n) is 15.2. The number of benzene rings is 1. The van der Waals surface area contributed by atoms with Crippen LogP contribution in [0.1, 0.15) is 70.8 Å². The molecule has 0 aliphatic heterocycles. The Morgan fingerprint density at radius 1 is 0.870 bits per heavy atom. The van der Waals surface area contributed by atoms with E-state index in [1.807, 2.05) is 0 Å². The average molecular weight is 335 g/mol. The maximum atomic E-state index is 5.66. The first-order chi connectivity index (χ1) is 11.2. The Kier molecular flexibility index (Phi) is 10.7. The molecule has 0 aliphatic carbocycles. The maximum Gasteiger partial charge on any atom is 0.173 e. The van der Waals surface area contributed by atoms with Crippen LogP contribution in [-0.2, 0) is 0 Å². The van der Waals surface area contributed by atoms with Crippen molar-refractivity contribution in [1.29, 1.82) is 0 Å². The summed E-state index contributed by atoms with van der Waals surface area (Å²) in [7, 11) is 0. The molecule has 0 bridgehead atoms. The van der Waals surface area contributed by atoms with Crippen LogP contribution in [0.2, 0.25) is 0 Å². The third-order valence-corrected chi connectivity index (χ3v) is 4.51. The third kappa shape index (κ3) is 8.95. The maximum absolute atomic E-state index is 5.66. The topological polar surface area (TPSA) is 15.3 Å². The number of anilines is 1. The molecule has 1 aromatic carbocycles. The van der Waals surface area contributed by atoms with Gasteiger partial charge in [-0.2, -0.15) is 0 Å². The summed E-state index contributed by atoms with van der Waals surface area (Å²) in [5.41, 5.74) is 2.37. The van der Waals surface area contributed by atoms with Gasteiger partial charge in [-0.3, -0.25) is 0 Å². The molecule has 0 spiro atoms. The van der Waals surface area contributed by atoms with Crippen LogP contribution >= 0.6 is 12.2 Å². The van der Waals surface area contributed by atoms with E-state index in [9.17, 15) is 0 Å². The molecule has 0 saturated heterocycles. The van der Waals surface area contributed by atoms with E-state index < -0.39 is 0 Å². The number of thiocarbonyl (C=S) groups is 1. The van der Waals surface area contributed by atoms with Crippen LogP contribution in [0, 0.1) is 6.92 Å². The summed E-state index contributed by atoms with van der Waals surface area (Å²) in [5, 5.41) is 4.29. The summed E-state index contributed by atoms with van der Waals surface area (Å²) >= 11 is 5.66. The highest BCUT2D eigenvalue weighted by molar-refractivity contribution is 7.80. The van der Waals surface area contributed by atoms with Crippen LogP contribution in [-0.4, -0.2) is 23.1 Å². The molecule has 1 aromatic rings. The van der Waals surface area contributed by atoms with Gasteiger partial charge in [0.2, 0.25) is 0 Å². The smallest absolute Gasteiger partial charge is 0.173 e. The van der Waals surface area contributed by atoms with Crippen molar-refractivity contribution in [2.75, 3.05) is 18.4 Å². The Labute approximate surface area is 148 Å². The molecule has 1 rings (SSSR count). The van der Waals surface area contributed by atoms with E-state index >= 15 is 0 Å². The van der Waals surface area contributed by atoms with Crippen molar-refractivity contribution in [3.63, 3.8) is 0 Å². The van der Waals surface area contributed by atoms with Crippen molar-refractivity contribution in [3.8, 4) is 0 Å². The minimum absolute atomic E-state index is 0.877. The van der Waals surface area contributed by atoms with Gasteiger partial charge >= 0.3 is 0 Å². The largest absolute Gasteiger partial charge is 0.349 e. The predicted octanol–water partition coefficient (Wildman–Crippen LogP) is 6.15. The third-order valence-electron chi connectivity index (χ3n) is 4.15. The van der Waals surface area contributed by atoms with Crippen molar-refractivity contribution in [2.24, 2.45) is 0 Å². The van der Waals surface area contributed by atoms with Gasteiger partial charge in [-0.05, 0) is 44.1 Å². The fourth-order valence-corrected chi connectivity index (χ4v) is 2.91. The quantitative estimate of drug-likeness (QED) is 0.386. The molecular weight excluding hydrogens is 300 g/mol. The van der Waals surface area contributed by atoms with Gasteiger partial charge in [0.25, 0.3) is 0 Å². The molecule has 0 fully saturated rings. The van der Waals surface area contributed by atoms with Crippen LogP contribution in [0.25, 0.3) is 0 Å². The van der Waals surface area contributed by atoms with Gasteiger partial charge in [-0.1, -0.05) is 70.1 Å². The summed E-state index contributed by atoms with van der Waals surface area (Å²) in [6.07, 6.45) is 10.3. The van der Waals surface area contributed by atoms with Gasteiger partial charge in [0.15, 0.2) is 5.11 Å².